The summed E-state index contributed by atoms with van der Waals surface area (Å²) in [5, 5.41) is 3.00. The van der Waals surface area contributed by atoms with Crippen molar-refractivity contribution in [2.75, 3.05) is 0 Å². The standard InChI is InChI=1S/C14H10BrNO/c15-10-7-5-9(6-8-10)13-11-3-1-2-4-12(11)14(17)16-13/h1-8,13H,(H,16,17). The number of rotatable bonds is 1. The molecule has 0 fully saturated rings. The molecule has 0 bridgehead atoms. The van der Waals surface area contributed by atoms with Gasteiger partial charge in [0.15, 0.2) is 0 Å². The van der Waals surface area contributed by atoms with Gasteiger partial charge in [0.25, 0.3) is 5.91 Å². The van der Waals surface area contributed by atoms with Gasteiger partial charge < -0.3 is 5.32 Å². The quantitative estimate of drug-likeness (QED) is 0.857. The van der Waals surface area contributed by atoms with Gasteiger partial charge in [-0.15, -0.1) is 0 Å². The number of benzene rings is 2. The van der Waals surface area contributed by atoms with E-state index in [1.54, 1.807) is 0 Å². The van der Waals surface area contributed by atoms with Gasteiger partial charge in [-0.05, 0) is 29.3 Å². The van der Waals surface area contributed by atoms with E-state index in [1.807, 2.05) is 48.5 Å². The highest BCUT2D eigenvalue weighted by atomic mass is 79.9. The molecule has 84 valence electrons. The Morgan fingerprint density at radius 2 is 1.71 bits per heavy atom. The fourth-order valence-electron chi connectivity index (χ4n) is 2.16. The molecule has 3 heteroatoms. The fourth-order valence-corrected chi connectivity index (χ4v) is 2.42. The average molecular weight is 288 g/mol. The first-order valence-electron chi connectivity index (χ1n) is 5.41. The van der Waals surface area contributed by atoms with E-state index in [1.165, 1.54) is 0 Å². The second-order valence-electron chi connectivity index (χ2n) is 4.05. The molecule has 1 N–H and O–H groups in total. The third-order valence-electron chi connectivity index (χ3n) is 3.00. The van der Waals surface area contributed by atoms with Crippen LogP contribution >= 0.6 is 15.9 Å². The van der Waals surface area contributed by atoms with Crippen LogP contribution in [0.4, 0.5) is 0 Å². The van der Waals surface area contributed by atoms with Crippen LogP contribution in [0.3, 0.4) is 0 Å². The lowest BCUT2D eigenvalue weighted by atomic mass is 9.99. The summed E-state index contributed by atoms with van der Waals surface area (Å²) in [5.41, 5.74) is 2.94. The Hall–Kier alpha value is -1.61. The highest BCUT2D eigenvalue weighted by molar-refractivity contribution is 9.10. The molecule has 0 aromatic heterocycles. The molecular weight excluding hydrogens is 278 g/mol. The van der Waals surface area contributed by atoms with E-state index in [9.17, 15) is 4.79 Å². The van der Waals surface area contributed by atoms with Crippen LogP contribution in [-0.4, -0.2) is 5.91 Å². The Balaban J connectivity index is 2.07. The van der Waals surface area contributed by atoms with Crippen molar-refractivity contribution in [2.45, 2.75) is 6.04 Å². The smallest absolute Gasteiger partial charge is 0.252 e. The third-order valence-corrected chi connectivity index (χ3v) is 3.52. The van der Waals surface area contributed by atoms with Crippen molar-refractivity contribution in [2.24, 2.45) is 0 Å². The lowest BCUT2D eigenvalue weighted by Crippen LogP contribution is -2.19. The van der Waals surface area contributed by atoms with Gasteiger partial charge in [0, 0.05) is 10.0 Å². The largest absolute Gasteiger partial charge is 0.341 e. The van der Waals surface area contributed by atoms with Crippen molar-refractivity contribution in [3.8, 4) is 0 Å². The van der Waals surface area contributed by atoms with Crippen molar-refractivity contribution in [3.63, 3.8) is 0 Å². The molecule has 2 nitrogen and oxygen atoms in total. The number of fused-ring (bicyclic) bond motifs is 1. The zero-order valence-corrected chi connectivity index (χ0v) is 10.6. The Morgan fingerprint density at radius 3 is 2.47 bits per heavy atom. The second-order valence-corrected chi connectivity index (χ2v) is 4.96. The van der Waals surface area contributed by atoms with Crippen LogP contribution in [0.2, 0.25) is 0 Å². The molecule has 1 aliphatic rings. The van der Waals surface area contributed by atoms with E-state index < -0.39 is 0 Å². The van der Waals surface area contributed by atoms with E-state index in [-0.39, 0.29) is 11.9 Å². The number of carbonyl (C=O) groups excluding carboxylic acids is 1. The minimum Gasteiger partial charge on any atom is -0.341 e. The molecule has 1 unspecified atom stereocenters. The molecule has 17 heavy (non-hydrogen) atoms. The van der Waals surface area contributed by atoms with Crippen LogP contribution in [0.15, 0.2) is 53.0 Å². The number of nitrogens with one attached hydrogen (secondary N) is 1. The summed E-state index contributed by atoms with van der Waals surface area (Å²) in [4.78, 5) is 11.8. The summed E-state index contributed by atoms with van der Waals surface area (Å²) in [6.07, 6.45) is 0. The van der Waals surface area contributed by atoms with Crippen molar-refractivity contribution < 1.29 is 4.79 Å². The van der Waals surface area contributed by atoms with Crippen molar-refractivity contribution in [3.05, 3.63) is 69.7 Å². The molecular formula is C14H10BrNO. The predicted molar refractivity (Wildman–Crippen MR) is 69.9 cm³/mol. The predicted octanol–water partition coefficient (Wildman–Crippen LogP) is 3.28. The summed E-state index contributed by atoms with van der Waals surface area (Å²) < 4.78 is 1.04. The summed E-state index contributed by atoms with van der Waals surface area (Å²) in [5.74, 6) is 0.00789. The Morgan fingerprint density at radius 1 is 1.00 bits per heavy atom. The Bertz CT molecular complexity index is 577. The van der Waals surface area contributed by atoms with Gasteiger partial charge in [-0.3, -0.25) is 4.79 Å². The van der Waals surface area contributed by atoms with Gasteiger partial charge in [0.2, 0.25) is 0 Å². The molecule has 0 aliphatic carbocycles. The summed E-state index contributed by atoms with van der Waals surface area (Å²) in [7, 11) is 0. The first-order chi connectivity index (χ1) is 8.25. The lowest BCUT2D eigenvalue weighted by molar-refractivity contribution is 0.0960. The molecule has 2 aromatic carbocycles. The zero-order chi connectivity index (χ0) is 11.8. The molecule has 0 radical (unpaired) electrons. The lowest BCUT2D eigenvalue weighted by Gasteiger charge is -2.12. The zero-order valence-electron chi connectivity index (χ0n) is 8.98. The molecule has 3 rings (SSSR count). The van der Waals surface area contributed by atoms with Crippen molar-refractivity contribution in [1.82, 2.24) is 5.32 Å². The number of amides is 1. The van der Waals surface area contributed by atoms with Gasteiger partial charge in [-0.25, -0.2) is 0 Å². The SMILES string of the molecule is O=C1NC(c2ccc(Br)cc2)c2ccccc21. The van der Waals surface area contributed by atoms with E-state index in [2.05, 4.69) is 21.2 Å². The van der Waals surface area contributed by atoms with Gasteiger partial charge >= 0.3 is 0 Å². The normalized spacial score (nSPS) is 17.7. The van der Waals surface area contributed by atoms with Crippen LogP contribution in [0.5, 0.6) is 0 Å². The Kier molecular flexibility index (Phi) is 2.48. The molecule has 0 spiro atoms. The first-order valence-corrected chi connectivity index (χ1v) is 6.20. The van der Waals surface area contributed by atoms with E-state index in [0.717, 1.165) is 21.2 Å². The second kappa shape index (κ2) is 4.00. The Labute approximate surface area is 108 Å². The van der Waals surface area contributed by atoms with E-state index in [0.29, 0.717) is 0 Å². The highest BCUT2D eigenvalue weighted by Gasteiger charge is 2.28. The topological polar surface area (TPSA) is 29.1 Å². The van der Waals surface area contributed by atoms with Gasteiger partial charge in [-0.1, -0.05) is 46.3 Å². The monoisotopic (exact) mass is 287 g/mol. The molecule has 0 saturated carbocycles. The van der Waals surface area contributed by atoms with Crippen LogP contribution in [0, 0.1) is 0 Å². The fraction of sp³-hybridized carbons (Fsp3) is 0.0714. The number of hydrogen-bond donors (Lipinski definition) is 1. The molecule has 1 amide bonds. The van der Waals surface area contributed by atoms with Crippen LogP contribution in [0.1, 0.15) is 27.5 Å². The maximum Gasteiger partial charge on any atom is 0.252 e. The third kappa shape index (κ3) is 1.76. The average Bonchev–Trinajstić information content (AvgIpc) is 2.69. The maximum atomic E-state index is 11.8. The minimum atomic E-state index is -0.0215. The molecule has 1 heterocycles. The minimum absolute atomic E-state index is 0.00789. The number of hydrogen-bond acceptors (Lipinski definition) is 1. The van der Waals surface area contributed by atoms with Gasteiger partial charge in [0.1, 0.15) is 0 Å². The highest BCUT2D eigenvalue weighted by Crippen LogP contribution is 2.31. The molecule has 1 aliphatic heterocycles. The van der Waals surface area contributed by atoms with E-state index >= 15 is 0 Å². The van der Waals surface area contributed by atoms with Crippen molar-refractivity contribution in [1.29, 1.82) is 0 Å². The van der Waals surface area contributed by atoms with Crippen LogP contribution < -0.4 is 5.32 Å². The van der Waals surface area contributed by atoms with Gasteiger partial charge in [-0.2, -0.15) is 0 Å². The summed E-state index contributed by atoms with van der Waals surface area (Å²) >= 11 is 3.41. The molecule has 2 aromatic rings. The summed E-state index contributed by atoms with van der Waals surface area (Å²) in [6, 6.07) is 15.7. The van der Waals surface area contributed by atoms with Crippen LogP contribution in [0.25, 0.3) is 0 Å². The number of halogens is 1. The van der Waals surface area contributed by atoms with Crippen LogP contribution in [-0.2, 0) is 0 Å². The molecule has 1 atom stereocenters. The van der Waals surface area contributed by atoms with Crippen molar-refractivity contribution >= 4 is 21.8 Å². The maximum absolute atomic E-state index is 11.8. The summed E-state index contributed by atoms with van der Waals surface area (Å²) in [6.45, 7) is 0. The van der Waals surface area contributed by atoms with E-state index in [4.69, 9.17) is 0 Å². The number of carbonyl (C=O) groups is 1. The van der Waals surface area contributed by atoms with Gasteiger partial charge in [0.05, 0.1) is 6.04 Å². The first kappa shape index (κ1) is 10.5. The molecule has 0 saturated heterocycles.